The van der Waals surface area contributed by atoms with Crippen LogP contribution in [-0.4, -0.2) is 31.9 Å². The average molecular weight is 216 g/mol. The maximum absolute atomic E-state index is 11.8. The van der Waals surface area contributed by atoms with Crippen LogP contribution >= 0.6 is 12.4 Å². The average Bonchev–Trinajstić information content (AvgIpc) is 2.51. The molecule has 0 fully saturated rings. The fourth-order valence-electron chi connectivity index (χ4n) is 0.549. The Labute approximate surface area is 78.1 Å². The predicted octanol–water partition coefficient (Wildman–Crippen LogP) is -0.518. The maximum Gasteiger partial charge on any atom is 0.350 e. The summed E-state index contributed by atoms with van der Waals surface area (Å²) < 4.78 is 23.7. The summed E-state index contributed by atoms with van der Waals surface area (Å²) in [6, 6.07) is -0.863. The molecule has 0 aliphatic carbocycles. The quantitative estimate of drug-likeness (QED) is 0.708. The molecule has 0 saturated carbocycles. The maximum atomic E-state index is 11.8. The van der Waals surface area contributed by atoms with E-state index in [-0.39, 0.29) is 23.0 Å². The lowest BCUT2D eigenvalue weighted by atomic mass is 10.3. The Kier molecular flexibility index (Phi) is 4.67. The first-order chi connectivity index (χ1) is 5.65. The van der Waals surface area contributed by atoms with Gasteiger partial charge in [0.05, 0.1) is 12.6 Å². The van der Waals surface area contributed by atoms with E-state index in [1.807, 2.05) is 0 Å². The highest BCUT2D eigenvalue weighted by Crippen LogP contribution is 2.06. The van der Waals surface area contributed by atoms with E-state index in [9.17, 15) is 8.78 Å². The first-order valence-electron chi connectivity index (χ1n) is 3.09. The molecule has 9 heteroatoms. The third-order valence-electron chi connectivity index (χ3n) is 1.15. The molecule has 13 heavy (non-hydrogen) atoms. The van der Waals surface area contributed by atoms with Gasteiger partial charge in [0.25, 0.3) is 0 Å². The molecule has 1 heterocycles. The molecular formula is C4H8ClF2N5O. The van der Waals surface area contributed by atoms with Gasteiger partial charge in [0.2, 0.25) is 0 Å². The number of aromatic nitrogens is 4. The number of tetrazole rings is 1. The number of nitrogens with two attached hydrogens (primary N) is 1. The van der Waals surface area contributed by atoms with E-state index in [4.69, 9.17) is 10.8 Å². The highest BCUT2D eigenvalue weighted by molar-refractivity contribution is 5.85. The molecule has 0 aliphatic heterocycles. The van der Waals surface area contributed by atoms with E-state index < -0.39 is 19.2 Å². The fourth-order valence-corrected chi connectivity index (χ4v) is 0.549. The normalized spacial score (nSPS) is 12.7. The molecule has 6 nitrogen and oxygen atoms in total. The van der Waals surface area contributed by atoms with Crippen LogP contribution < -0.4 is 5.73 Å². The topological polar surface area (TPSA) is 89.9 Å². The predicted molar refractivity (Wildman–Crippen MR) is 40.3 cm³/mol. The lowest BCUT2D eigenvalue weighted by Crippen LogP contribution is -2.16. The number of hydrogen-bond donors (Lipinski definition) is 2. The van der Waals surface area contributed by atoms with Gasteiger partial charge in [-0.1, -0.05) is 4.80 Å². The van der Waals surface area contributed by atoms with Crippen molar-refractivity contribution in [2.45, 2.75) is 12.6 Å². The van der Waals surface area contributed by atoms with Crippen molar-refractivity contribution in [3.63, 3.8) is 0 Å². The van der Waals surface area contributed by atoms with Gasteiger partial charge in [0, 0.05) is 0 Å². The summed E-state index contributed by atoms with van der Waals surface area (Å²) in [5.74, 6) is -0.0993. The summed E-state index contributed by atoms with van der Waals surface area (Å²) in [6.07, 6.45) is 0. The fraction of sp³-hybridized carbons (Fsp3) is 0.750. The number of aliphatic hydroxyl groups excluding tert-OH is 1. The van der Waals surface area contributed by atoms with Gasteiger partial charge in [-0.3, -0.25) is 0 Å². The zero-order chi connectivity index (χ0) is 9.14. The number of alkyl halides is 2. The summed E-state index contributed by atoms with van der Waals surface area (Å²) >= 11 is 0. The summed E-state index contributed by atoms with van der Waals surface area (Å²) in [7, 11) is 0. The zero-order valence-electron chi connectivity index (χ0n) is 6.34. The van der Waals surface area contributed by atoms with Crippen molar-refractivity contribution in [1.29, 1.82) is 0 Å². The molecule has 0 unspecified atom stereocenters. The van der Waals surface area contributed by atoms with Crippen molar-refractivity contribution in [2.75, 3.05) is 6.61 Å². The Bertz CT molecular complexity index is 256. The largest absolute Gasteiger partial charge is 0.394 e. The molecular weight excluding hydrogens is 208 g/mol. The molecule has 0 amide bonds. The second kappa shape index (κ2) is 5.00. The van der Waals surface area contributed by atoms with E-state index in [1.165, 1.54) is 0 Å². The molecule has 0 radical (unpaired) electrons. The van der Waals surface area contributed by atoms with Crippen LogP contribution in [-0.2, 0) is 0 Å². The number of rotatable bonds is 3. The molecule has 0 spiro atoms. The van der Waals surface area contributed by atoms with E-state index in [0.29, 0.717) is 0 Å². The monoisotopic (exact) mass is 215 g/mol. The highest BCUT2D eigenvalue weighted by atomic mass is 35.5. The third-order valence-corrected chi connectivity index (χ3v) is 1.15. The van der Waals surface area contributed by atoms with Gasteiger partial charge in [0.15, 0.2) is 5.82 Å². The van der Waals surface area contributed by atoms with Crippen molar-refractivity contribution in [3.05, 3.63) is 5.82 Å². The van der Waals surface area contributed by atoms with E-state index in [0.717, 1.165) is 0 Å². The Morgan fingerprint density at radius 3 is 2.54 bits per heavy atom. The minimum atomic E-state index is -2.84. The van der Waals surface area contributed by atoms with Crippen molar-refractivity contribution >= 4 is 12.4 Å². The van der Waals surface area contributed by atoms with Crippen LogP contribution in [0.5, 0.6) is 0 Å². The molecule has 3 N–H and O–H groups in total. The van der Waals surface area contributed by atoms with Crippen molar-refractivity contribution in [1.82, 2.24) is 20.2 Å². The van der Waals surface area contributed by atoms with Crippen molar-refractivity contribution < 1.29 is 13.9 Å². The molecule has 0 bridgehead atoms. The number of aliphatic hydroxyl groups is 1. The Morgan fingerprint density at radius 2 is 2.15 bits per heavy atom. The van der Waals surface area contributed by atoms with Crippen LogP contribution in [0.15, 0.2) is 0 Å². The number of hydrogen-bond acceptors (Lipinski definition) is 5. The van der Waals surface area contributed by atoms with E-state index in [1.54, 1.807) is 0 Å². The summed E-state index contributed by atoms with van der Waals surface area (Å²) in [6.45, 7) is -3.24. The summed E-state index contributed by atoms with van der Waals surface area (Å²) in [5, 5.41) is 18.0. The third kappa shape index (κ3) is 2.83. The van der Waals surface area contributed by atoms with Gasteiger partial charge in [-0.15, -0.1) is 22.6 Å². The lowest BCUT2D eigenvalue weighted by molar-refractivity contribution is 0.0392. The summed E-state index contributed by atoms with van der Waals surface area (Å²) in [4.78, 5) is 0.130. The molecule has 1 aromatic rings. The van der Waals surface area contributed by atoms with E-state index in [2.05, 4.69) is 15.4 Å². The van der Waals surface area contributed by atoms with Gasteiger partial charge in [-0.05, 0) is 5.21 Å². The molecule has 0 saturated heterocycles. The van der Waals surface area contributed by atoms with Gasteiger partial charge < -0.3 is 10.8 Å². The second-order valence-electron chi connectivity index (χ2n) is 2.03. The molecule has 1 aromatic heterocycles. The van der Waals surface area contributed by atoms with Gasteiger partial charge in [0.1, 0.15) is 0 Å². The zero-order valence-corrected chi connectivity index (χ0v) is 7.16. The number of halogens is 3. The van der Waals surface area contributed by atoms with Crippen LogP contribution in [0.1, 0.15) is 18.4 Å². The van der Waals surface area contributed by atoms with Crippen LogP contribution in [0.4, 0.5) is 8.78 Å². The summed E-state index contributed by atoms with van der Waals surface area (Å²) in [5.41, 5.74) is 5.23. The first kappa shape index (κ1) is 12.1. The van der Waals surface area contributed by atoms with Crippen molar-refractivity contribution in [3.8, 4) is 0 Å². The minimum absolute atomic E-state index is 0. The molecule has 1 atom stereocenters. The second-order valence-corrected chi connectivity index (χ2v) is 2.03. The van der Waals surface area contributed by atoms with Crippen LogP contribution in [0.25, 0.3) is 0 Å². The van der Waals surface area contributed by atoms with Crippen LogP contribution in [0.3, 0.4) is 0 Å². The molecule has 1 rings (SSSR count). The van der Waals surface area contributed by atoms with E-state index >= 15 is 0 Å². The van der Waals surface area contributed by atoms with Crippen LogP contribution in [0.2, 0.25) is 0 Å². The Hall–Kier alpha value is -0.860. The van der Waals surface area contributed by atoms with Crippen LogP contribution in [0, 0.1) is 0 Å². The minimum Gasteiger partial charge on any atom is -0.394 e. The first-order valence-corrected chi connectivity index (χ1v) is 3.09. The molecule has 0 aromatic carbocycles. The molecule has 0 aliphatic rings. The Morgan fingerprint density at radius 1 is 1.54 bits per heavy atom. The SMILES string of the molecule is Cl.N[C@@H](CO)c1nnn(C(F)F)n1. The Balaban J connectivity index is 0.00000144. The lowest BCUT2D eigenvalue weighted by Gasteiger charge is -1.99. The molecule has 76 valence electrons. The number of nitrogens with zero attached hydrogens (tertiary/aromatic N) is 4. The highest BCUT2D eigenvalue weighted by Gasteiger charge is 2.15. The standard InChI is InChI=1S/C4H7F2N5O.ClH/c5-4(6)11-9-3(8-10-11)2(7)1-12;/h2,4,12H,1,7H2;1H/t2-;/m0./s1. The smallest absolute Gasteiger partial charge is 0.350 e. The van der Waals surface area contributed by atoms with Gasteiger partial charge in [-0.2, -0.15) is 8.78 Å². The van der Waals surface area contributed by atoms with Gasteiger partial charge in [-0.25, -0.2) is 0 Å². The van der Waals surface area contributed by atoms with Crippen molar-refractivity contribution in [2.24, 2.45) is 5.73 Å². The van der Waals surface area contributed by atoms with Gasteiger partial charge >= 0.3 is 6.55 Å².